The Labute approximate surface area is 170 Å². The van der Waals surface area contributed by atoms with Gasteiger partial charge in [0.05, 0.1) is 0 Å². The smallest absolute Gasteiger partial charge is 0.344 e. The molecular weight excluding hydrogens is 374 g/mol. The van der Waals surface area contributed by atoms with E-state index in [0.29, 0.717) is 30.3 Å². The Morgan fingerprint density at radius 2 is 1.79 bits per heavy atom. The van der Waals surface area contributed by atoms with E-state index in [9.17, 15) is 9.59 Å². The molecule has 2 aromatic rings. The number of hydrogen-bond donors (Lipinski definition) is 0. The van der Waals surface area contributed by atoms with Crippen molar-refractivity contribution in [1.82, 2.24) is 4.90 Å². The largest absolute Gasteiger partial charge is 0.482 e. The van der Waals surface area contributed by atoms with E-state index < -0.39 is 5.97 Å². The molecule has 1 heterocycles. The molecule has 0 atom stereocenters. The Morgan fingerprint density at radius 3 is 2.55 bits per heavy atom. The molecule has 2 aromatic carbocycles. The molecule has 0 spiro atoms. The summed E-state index contributed by atoms with van der Waals surface area (Å²) >= 11 is 0. The van der Waals surface area contributed by atoms with Gasteiger partial charge in [-0.3, -0.25) is 4.79 Å². The Bertz CT molecular complexity index is 895. The molecule has 29 heavy (non-hydrogen) atoms. The third-order valence-corrected chi connectivity index (χ3v) is 4.74. The van der Waals surface area contributed by atoms with Crippen LogP contribution in [0.15, 0.2) is 36.4 Å². The fourth-order valence-corrected chi connectivity index (χ4v) is 2.86. The second-order valence-corrected chi connectivity index (χ2v) is 6.79. The van der Waals surface area contributed by atoms with Crippen LogP contribution < -0.4 is 14.2 Å². The number of aryl methyl sites for hydroxylation is 2. The van der Waals surface area contributed by atoms with Crippen LogP contribution in [-0.4, -0.2) is 43.3 Å². The number of benzene rings is 2. The molecule has 0 bridgehead atoms. The van der Waals surface area contributed by atoms with Gasteiger partial charge in [-0.15, -0.1) is 0 Å². The van der Waals surface area contributed by atoms with Gasteiger partial charge in [0.15, 0.2) is 24.7 Å². The first-order valence-corrected chi connectivity index (χ1v) is 9.48. The average molecular weight is 399 g/mol. The zero-order valence-electron chi connectivity index (χ0n) is 16.9. The van der Waals surface area contributed by atoms with Crippen molar-refractivity contribution < 1.29 is 28.5 Å². The standard InChI is InChI=1S/C22H25NO6/c1-4-23(11-17-6-8-19-20(10-17)29-14-28-19)21(24)12-27-22(25)13-26-18-7-5-15(2)16(3)9-18/h5-10H,4,11-14H2,1-3H3. The summed E-state index contributed by atoms with van der Waals surface area (Å²) < 4.78 is 21.2. The molecule has 0 radical (unpaired) electrons. The van der Waals surface area contributed by atoms with Gasteiger partial charge in [0.25, 0.3) is 5.91 Å². The van der Waals surface area contributed by atoms with E-state index in [1.54, 1.807) is 11.0 Å². The molecule has 0 saturated carbocycles. The van der Waals surface area contributed by atoms with E-state index in [0.717, 1.165) is 16.7 Å². The first-order valence-electron chi connectivity index (χ1n) is 9.48. The minimum absolute atomic E-state index is 0.204. The second-order valence-electron chi connectivity index (χ2n) is 6.79. The monoisotopic (exact) mass is 399 g/mol. The van der Waals surface area contributed by atoms with Gasteiger partial charge >= 0.3 is 5.97 Å². The zero-order valence-corrected chi connectivity index (χ0v) is 16.9. The van der Waals surface area contributed by atoms with E-state index in [2.05, 4.69) is 0 Å². The van der Waals surface area contributed by atoms with Crippen molar-refractivity contribution in [2.75, 3.05) is 26.6 Å². The fourth-order valence-electron chi connectivity index (χ4n) is 2.86. The van der Waals surface area contributed by atoms with Crippen LogP contribution in [0.4, 0.5) is 0 Å². The highest BCUT2D eigenvalue weighted by Crippen LogP contribution is 2.32. The van der Waals surface area contributed by atoms with Crippen LogP contribution in [-0.2, 0) is 20.9 Å². The van der Waals surface area contributed by atoms with Gasteiger partial charge in [-0.1, -0.05) is 12.1 Å². The summed E-state index contributed by atoms with van der Waals surface area (Å²) in [5.41, 5.74) is 3.13. The maximum absolute atomic E-state index is 12.4. The van der Waals surface area contributed by atoms with Gasteiger partial charge in [0.1, 0.15) is 5.75 Å². The zero-order chi connectivity index (χ0) is 20.8. The highest BCUT2D eigenvalue weighted by Gasteiger charge is 2.18. The number of rotatable bonds is 8. The molecule has 0 fully saturated rings. The third kappa shape index (κ3) is 5.40. The quantitative estimate of drug-likeness (QED) is 0.636. The fraction of sp³-hybridized carbons (Fsp3) is 0.364. The molecular formula is C22H25NO6. The normalized spacial score (nSPS) is 11.8. The lowest BCUT2D eigenvalue weighted by Crippen LogP contribution is -2.34. The van der Waals surface area contributed by atoms with Crippen molar-refractivity contribution >= 4 is 11.9 Å². The molecule has 7 nitrogen and oxygen atoms in total. The maximum Gasteiger partial charge on any atom is 0.344 e. The van der Waals surface area contributed by atoms with Gasteiger partial charge < -0.3 is 23.8 Å². The highest BCUT2D eigenvalue weighted by atomic mass is 16.7. The second kappa shape index (κ2) is 9.32. The summed E-state index contributed by atoms with van der Waals surface area (Å²) in [6.45, 7) is 6.36. The number of nitrogens with zero attached hydrogens (tertiary/aromatic N) is 1. The number of fused-ring (bicyclic) bond motifs is 1. The number of amides is 1. The van der Waals surface area contributed by atoms with Gasteiger partial charge in [-0.25, -0.2) is 4.79 Å². The number of carbonyl (C=O) groups is 2. The van der Waals surface area contributed by atoms with Crippen LogP contribution >= 0.6 is 0 Å². The van der Waals surface area contributed by atoms with Crippen molar-refractivity contribution in [3.63, 3.8) is 0 Å². The van der Waals surface area contributed by atoms with Crippen LogP contribution in [0.1, 0.15) is 23.6 Å². The highest BCUT2D eigenvalue weighted by molar-refractivity contribution is 5.81. The molecule has 0 aliphatic carbocycles. The Kier molecular flexibility index (Phi) is 6.59. The molecule has 7 heteroatoms. The number of hydrogen-bond acceptors (Lipinski definition) is 6. The van der Waals surface area contributed by atoms with Crippen molar-refractivity contribution in [2.24, 2.45) is 0 Å². The SMILES string of the molecule is CCN(Cc1ccc2c(c1)OCO2)C(=O)COC(=O)COc1ccc(C)c(C)c1. The summed E-state index contributed by atoms with van der Waals surface area (Å²) in [6, 6.07) is 11.1. The van der Waals surface area contributed by atoms with Crippen molar-refractivity contribution in [3.05, 3.63) is 53.1 Å². The lowest BCUT2D eigenvalue weighted by molar-refractivity contribution is -0.153. The predicted octanol–water partition coefficient (Wildman–Crippen LogP) is 3.00. The lowest BCUT2D eigenvalue weighted by atomic mass is 10.1. The van der Waals surface area contributed by atoms with E-state index in [-0.39, 0.29) is 25.9 Å². The van der Waals surface area contributed by atoms with E-state index in [1.165, 1.54) is 0 Å². The van der Waals surface area contributed by atoms with Crippen molar-refractivity contribution in [3.8, 4) is 17.2 Å². The molecule has 0 unspecified atom stereocenters. The number of likely N-dealkylation sites (N-methyl/N-ethyl adjacent to an activating group) is 1. The molecule has 154 valence electrons. The number of ether oxygens (including phenoxy) is 4. The van der Waals surface area contributed by atoms with Crippen molar-refractivity contribution in [2.45, 2.75) is 27.3 Å². The van der Waals surface area contributed by atoms with Crippen LogP contribution in [0.25, 0.3) is 0 Å². The van der Waals surface area contributed by atoms with E-state index in [1.807, 2.05) is 51.1 Å². The summed E-state index contributed by atoms with van der Waals surface area (Å²) in [5.74, 6) is 1.09. The van der Waals surface area contributed by atoms with Crippen LogP contribution in [0, 0.1) is 13.8 Å². The van der Waals surface area contributed by atoms with E-state index >= 15 is 0 Å². The molecule has 1 aliphatic rings. The number of esters is 1. The number of carbonyl (C=O) groups excluding carboxylic acids is 2. The van der Waals surface area contributed by atoms with Crippen LogP contribution in [0.5, 0.6) is 17.2 Å². The first kappa shape index (κ1) is 20.5. The summed E-state index contributed by atoms with van der Waals surface area (Å²) in [4.78, 5) is 26.0. The molecule has 1 aliphatic heterocycles. The van der Waals surface area contributed by atoms with Gasteiger partial charge in [0, 0.05) is 13.1 Å². The predicted molar refractivity (Wildman–Crippen MR) is 106 cm³/mol. The molecule has 0 saturated heterocycles. The summed E-state index contributed by atoms with van der Waals surface area (Å²) in [6.07, 6.45) is 0. The Morgan fingerprint density at radius 1 is 1.00 bits per heavy atom. The Hall–Kier alpha value is -3.22. The molecule has 3 rings (SSSR count). The summed E-state index contributed by atoms with van der Waals surface area (Å²) in [7, 11) is 0. The minimum atomic E-state index is -0.587. The topological polar surface area (TPSA) is 74.3 Å². The first-order chi connectivity index (χ1) is 14.0. The van der Waals surface area contributed by atoms with Gasteiger partial charge in [0.2, 0.25) is 6.79 Å². The van der Waals surface area contributed by atoms with Gasteiger partial charge in [-0.05, 0) is 61.7 Å². The average Bonchev–Trinajstić information content (AvgIpc) is 3.19. The van der Waals surface area contributed by atoms with Crippen molar-refractivity contribution in [1.29, 1.82) is 0 Å². The Balaban J connectivity index is 1.46. The molecule has 0 aromatic heterocycles. The third-order valence-electron chi connectivity index (χ3n) is 4.74. The van der Waals surface area contributed by atoms with Gasteiger partial charge in [-0.2, -0.15) is 0 Å². The van der Waals surface area contributed by atoms with Crippen LogP contribution in [0.2, 0.25) is 0 Å². The lowest BCUT2D eigenvalue weighted by Gasteiger charge is -2.21. The van der Waals surface area contributed by atoms with E-state index in [4.69, 9.17) is 18.9 Å². The maximum atomic E-state index is 12.4. The molecule has 0 N–H and O–H groups in total. The summed E-state index contributed by atoms with van der Waals surface area (Å²) in [5, 5.41) is 0. The van der Waals surface area contributed by atoms with Crippen LogP contribution in [0.3, 0.4) is 0 Å². The molecule has 1 amide bonds. The minimum Gasteiger partial charge on any atom is -0.482 e.